The summed E-state index contributed by atoms with van der Waals surface area (Å²) in [5.41, 5.74) is 1.14. The van der Waals surface area contributed by atoms with Gasteiger partial charge in [-0.2, -0.15) is 0 Å². The molecular formula is C21H19F2NO3S. The van der Waals surface area contributed by atoms with E-state index in [4.69, 9.17) is 4.74 Å². The predicted octanol–water partition coefficient (Wildman–Crippen LogP) is 4.68. The van der Waals surface area contributed by atoms with Crippen molar-refractivity contribution in [3.63, 3.8) is 0 Å². The van der Waals surface area contributed by atoms with E-state index in [-0.39, 0.29) is 17.0 Å². The number of methoxy groups -OCH3 is 1. The number of hydrogen-bond acceptors (Lipinski definition) is 3. The van der Waals surface area contributed by atoms with E-state index < -0.39 is 21.7 Å². The molecule has 0 radical (unpaired) electrons. The number of nitrogens with zero attached hydrogens (tertiary/aromatic N) is 1. The van der Waals surface area contributed by atoms with Crippen LogP contribution >= 0.6 is 0 Å². The van der Waals surface area contributed by atoms with Crippen molar-refractivity contribution in [3.05, 3.63) is 89.5 Å². The smallest absolute Gasteiger partial charge is 0.264 e. The number of benzene rings is 3. The first-order valence-corrected chi connectivity index (χ1v) is 9.92. The lowest BCUT2D eigenvalue weighted by atomic mass is 10.2. The van der Waals surface area contributed by atoms with Crippen LogP contribution in [0.2, 0.25) is 0 Å². The van der Waals surface area contributed by atoms with Crippen LogP contribution < -0.4 is 9.04 Å². The Kier molecular flexibility index (Phi) is 5.65. The Hall–Kier alpha value is -2.93. The summed E-state index contributed by atoms with van der Waals surface area (Å²) >= 11 is 0. The first kappa shape index (κ1) is 19.8. The van der Waals surface area contributed by atoms with Crippen molar-refractivity contribution in [1.82, 2.24) is 0 Å². The zero-order valence-electron chi connectivity index (χ0n) is 15.4. The molecule has 0 N–H and O–H groups in total. The summed E-state index contributed by atoms with van der Waals surface area (Å²) in [6.45, 7) is 1.49. The molecule has 0 amide bonds. The maximum Gasteiger partial charge on any atom is 0.264 e. The molecule has 0 aliphatic carbocycles. The first-order valence-electron chi connectivity index (χ1n) is 8.48. The van der Waals surface area contributed by atoms with E-state index in [1.807, 2.05) is 0 Å². The Labute approximate surface area is 163 Å². The highest BCUT2D eigenvalue weighted by Gasteiger charge is 2.26. The Morgan fingerprint density at radius 3 is 2.39 bits per heavy atom. The monoisotopic (exact) mass is 403 g/mol. The summed E-state index contributed by atoms with van der Waals surface area (Å²) in [7, 11) is -2.54. The number of anilines is 1. The van der Waals surface area contributed by atoms with Crippen molar-refractivity contribution >= 4 is 15.7 Å². The fourth-order valence-corrected chi connectivity index (χ4v) is 4.33. The molecule has 0 aromatic heterocycles. The van der Waals surface area contributed by atoms with Crippen LogP contribution in [0.3, 0.4) is 0 Å². The van der Waals surface area contributed by atoms with Gasteiger partial charge in [0.25, 0.3) is 10.0 Å². The average Bonchev–Trinajstić information content (AvgIpc) is 2.67. The minimum atomic E-state index is -4.01. The number of ether oxygens (including phenoxy) is 1. The third-order valence-corrected chi connectivity index (χ3v) is 6.02. The van der Waals surface area contributed by atoms with Gasteiger partial charge >= 0.3 is 0 Å². The molecule has 0 bridgehead atoms. The van der Waals surface area contributed by atoms with Crippen molar-refractivity contribution in [1.29, 1.82) is 0 Å². The second-order valence-electron chi connectivity index (χ2n) is 6.27. The molecule has 146 valence electrons. The van der Waals surface area contributed by atoms with E-state index in [0.29, 0.717) is 11.4 Å². The van der Waals surface area contributed by atoms with Crippen molar-refractivity contribution < 1.29 is 21.9 Å². The molecule has 0 saturated heterocycles. The van der Waals surface area contributed by atoms with Crippen molar-refractivity contribution in [2.45, 2.75) is 18.4 Å². The quantitative estimate of drug-likeness (QED) is 0.601. The SMILES string of the molecule is COc1cccc(N(Cc2ccc(F)cc2F)S(=O)(=O)c2cccc(C)c2)c1. The maximum absolute atomic E-state index is 14.2. The molecule has 28 heavy (non-hydrogen) atoms. The molecule has 0 saturated carbocycles. The second kappa shape index (κ2) is 7.98. The molecule has 4 nitrogen and oxygen atoms in total. The van der Waals surface area contributed by atoms with Crippen LogP contribution in [0.1, 0.15) is 11.1 Å². The lowest BCUT2D eigenvalue weighted by Crippen LogP contribution is -2.31. The van der Waals surface area contributed by atoms with Crippen molar-refractivity contribution in [2.24, 2.45) is 0 Å². The number of halogens is 2. The molecule has 0 fully saturated rings. The topological polar surface area (TPSA) is 46.6 Å². The molecule has 0 atom stereocenters. The third-order valence-electron chi connectivity index (χ3n) is 4.25. The van der Waals surface area contributed by atoms with E-state index in [2.05, 4.69) is 0 Å². The van der Waals surface area contributed by atoms with Crippen LogP contribution in [0.4, 0.5) is 14.5 Å². The molecule has 3 rings (SSSR count). The van der Waals surface area contributed by atoms with E-state index in [0.717, 1.165) is 22.0 Å². The number of sulfonamides is 1. The minimum absolute atomic E-state index is 0.0560. The largest absolute Gasteiger partial charge is 0.497 e. The standard InChI is InChI=1S/C21H19F2NO3S/c1-15-5-3-8-20(11-15)28(25,26)24(18-6-4-7-19(13-18)27-2)14-16-9-10-17(22)12-21(16)23/h3-13H,14H2,1-2H3. The summed E-state index contributed by atoms with van der Waals surface area (Å²) in [5, 5.41) is 0. The van der Waals surface area contributed by atoms with Crippen LogP contribution in [0, 0.1) is 18.6 Å². The number of hydrogen-bond donors (Lipinski definition) is 0. The molecule has 0 aliphatic heterocycles. The predicted molar refractivity (Wildman–Crippen MR) is 104 cm³/mol. The van der Waals surface area contributed by atoms with Gasteiger partial charge in [0.05, 0.1) is 24.2 Å². The molecule has 0 aliphatic rings. The Bertz CT molecular complexity index is 1100. The van der Waals surface area contributed by atoms with Gasteiger partial charge in [0.1, 0.15) is 17.4 Å². The Morgan fingerprint density at radius 2 is 1.71 bits per heavy atom. The van der Waals surface area contributed by atoms with Gasteiger partial charge in [0, 0.05) is 17.7 Å². The molecule has 0 spiro atoms. The van der Waals surface area contributed by atoms with Gasteiger partial charge in [-0.15, -0.1) is 0 Å². The van der Waals surface area contributed by atoms with Crippen LogP contribution in [-0.4, -0.2) is 15.5 Å². The highest BCUT2D eigenvalue weighted by Crippen LogP contribution is 2.29. The summed E-state index contributed by atoms with van der Waals surface area (Å²) in [4.78, 5) is 0.0813. The van der Waals surface area contributed by atoms with E-state index in [1.165, 1.54) is 19.2 Å². The highest BCUT2D eigenvalue weighted by molar-refractivity contribution is 7.92. The van der Waals surface area contributed by atoms with Gasteiger partial charge in [-0.05, 0) is 42.8 Å². The fourth-order valence-electron chi connectivity index (χ4n) is 2.79. The summed E-state index contributed by atoms with van der Waals surface area (Å²) in [5.74, 6) is -1.08. The maximum atomic E-state index is 14.2. The Balaban J connectivity index is 2.13. The highest BCUT2D eigenvalue weighted by atomic mass is 32.2. The van der Waals surface area contributed by atoms with E-state index in [1.54, 1.807) is 49.4 Å². The zero-order chi connectivity index (χ0) is 20.3. The van der Waals surface area contributed by atoms with Gasteiger partial charge in [-0.25, -0.2) is 17.2 Å². The van der Waals surface area contributed by atoms with Gasteiger partial charge < -0.3 is 4.74 Å². The summed E-state index contributed by atoms with van der Waals surface area (Å²) in [6.07, 6.45) is 0. The normalized spacial score (nSPS) is 11.3. The first-order chi connectivity index (χ1) is 13.3. The summed E-state index contributed by atoms with van der Waals surface area (Å²) < 4.78 is 60.5. The average molecular weight is 403 g/mol. The van der Waals surface area contributed by atoms with Gasteiger partial charge in [-0.3, -0.25) is 4.31 Å². The minimum Gasteiger partial charge on any atom is -0.497 e. The molecular weight excluding hydrogens is 384 g/mol. The van der Waals surface area contributed by atoms with Crippen LogP contribution in [-0.2, 0) is 16.6 Å². The van der Waals surface area contributed by atoms with E-state index in [9.17, 15) is 17.2 Å². The van der Waals surface area contributed by atoms with Crippen LogP contribution in [0.25, 0.3) is 0 Å². The van der Waals surface area contributed by atoms with Crippen LogP contribution in [0.15, 0.2) is 71.6 Å². The Morgan fingerprint density at radius 1 is 0.964 bits per heavy atom. The van der Waals surface area contributed by atoms with Crippen molar-refractivity contribution in [2.75, 3.05) is 11.4 Å². The number of aryl methyl sites for hydroxylation is 1. The van der Waals surface area contributed by atoms with Gasteiger partial charge in [0.2, 0.25) is 0 Å². The molecule has 7 heteroatoms. The second-order valence-corrected chi connectivity index (χ2v) is 8.13. The molecule has 3 aromatic rings. The zero-order valence-corrected chi connectivity index (χ0v) is 16.2. The third kappa shape index (κ3) is 4.14. The van der Waals surface area contributed by atoms with Crippen LogP contribution in [0.5, 0.6) is 5.75 Å². The summed E-state index contributed by atoms with van der Waals surface area (Å²) in [6, 6.07) is 16.0. The number of rotatable bonds is 6. The van der Waals surface area contributed by atoms with Gasteiger partial charge in [-0.1, -0.05) is 24.3 Å². The fraction of sp³-hybridized carbons (Fsp3) is 0.143. The molecule has 0 heterocycles. The molecule has 0 unspecified atom stereocenters. The van der Waals surface area contributed by atoms with E-state index >= 15 is 0 Å². The molecule has 3 aromatic carbocycles. The van der Waals surface area contributed by atoms with Crippen molar-refractivity contribution in [3.8, 4) is 5.75 Å². The lowest BCUT2D eigenvalue weighted by Gasteiger charge is -2.25. The van der Waals surface area contributed by atoms with Gasteiger partial charge in [0.15, 0.2) is 0 Å². The lowest BCUT2D eigenvalue weighted by molar-refractivity contribution is 0.415.